The summed E-state index contributed by atoms with van der Waals surface area (Å²) in [5, 5.41) is 17.5. The number of carbonyl (C=O) groups excluding carboxylic acids is 2. The molecule has 1 aromatic carbocycles. The lowest BCUT2D eigenvalue weighted by atomic mass is 10.0. The predicted octanol–water partition coefficient (Wildman–Crippen LogP) is 2.93. The molecule has 4 atom stereocenters. The molecule has 0 saturated carbocycles. The number of methoxy groups -OCH3 is 1. The number of hydrogen-bond acceptors (Lipinski definition) is 8. The number of benzene rings is 1. The lowest BCUT2D eigenvalue weighted by Gasteiger charge is -2.30. The maximum atomic E-state index is 13.4. The standard InChI is InChI=1S/C25H42N3O8P/c1-8-35-37(33,36-9-2)18(6)27-21(14-16(3)4)24(30)28-22(23(29)26-17(5)25(31)32)15-19-10-12-20(34-7)13-11-19/h10-13,16-18,21-22,27H,8-9,14-15H2,1-7H3,(H,26,29)(H,28,30)(H,31,32). The Morgan fingerprint density at radius 1 is 0.919 bits per heavy atom. The Bertz CT molecular complexity index is 915. The summed E-state index contributed by atoms with van der Waals surface area (Å²) >= 11 is 0. The third-order valence-corrected chi connectivity index (χ3v) is 7.85. The van der Waals surface area contributed by atoms with Gasteiger partial charge in [0, 0.05) is 6.42 Å². The first-order chi connectivity index (χ1) is 17.4. The van der Waals surface area contributed by atoms with Gasteiger partial charge in [-0.15, -0.1) is 0 Å². The molecule has 0 aliphatic carbocycles. The average molecular weight is 544 g/mol. The Hall–Kier alpha value is -2.46. The van der Waals surface area contributed by atoms with E-state index in [2.05, 4.69) is 16.0 Å². The first-order valence-corrected chi connectivity index (χ1v) is 14.1. The Balaban J connectivity index is 3.18. The summed E-state index contributed by atoms with van der Waals surface area (Å²) in [7, 11) is -2.00. The quantitative estimate of drug-likeness (QED) is 0.217. The minimum atomic E-state index is -3.54. The van der Waals surface area contributed by atoms with E-state index in [-0.39, 0.29) is 25.6 Å². The van der Waals surface area contributed by atoms with E-state index in [4.69, 9.17) is 13.8 Å². The monoisotopic (exact) mass is 543 g/mol. The van der Waals surface area contributed by atoms with Crippen LogP contribution in [0.15, 0.2) is 24.3 Å². The van der Waals surface area contributed by atoms with Crippen LogP contribution in [0.1, 0.15) is 53.5 Å². The fourth-order valence-electron chi connectivity index (χ4n) is 3.58. The van der Waals surface area contributed by atoms with Crippen LogP contribution in [0.25, 0.3) is 0 Å². The fraction of sp³-hybridized carbons (Fsp3) is 0.640. The normalized spacial score (nSPS) is 14.9. The van der Waals surface area contributed by atoms with Crippen LogP contribution >= 0.6 is 7.60 Å². The van der Waals surface area contributed by atoms with Gasteiger partial charge in [-0.05, 0) is 57.7 Å². The van der Waals surface area contributed by atoms with Gasteiger partial charge in [0.2, 0.25) is 11.8 Å². The maximum Gasteiger partial charge on any atom is 0.347 e. The Labute approximate surface area is 219 Å². The number of amides is 2. The van der Waals surface area contributed by atoms with Gasteiger partial charge in [-0.1, -0.05) is 26.0 Å². The van der Waals surface area contributed by atoms with Crippen LogP contribution in [-0.2, 0) is 34.4 Å². The van der Waals surface area contributed by atoms with Crippen LogP contribution in [-0.4, -0.2) is 67.1 Å². The van der Waals surface area contributed by atoms with Crippen LogP contribution < -0.4 is 20.7 Å². The molecule has 2 amide bonds. The van der Waals surface area contributed by atoms with E-state index >= 15 is 0 Å². The molecule has 0 radical (unpaired) electrons. The number of carboxylic acid groups (broad SMARTS) is 1. The molecule has 0 saturated heterocycles. The number of carboxylic acids is 1. The summed E-state index contributed by atoms with van der Waals surface area (Å²) in [5.74, 6) is -2.38. The second kappa shape index (κ2) is 15.7. The van der Waals surface area contributed by atoms with Crippen molar-refractivity contribution in [2.24, 2.45) is 5.92 Å². The van der Waals surface area contributed by atoms with E-state index in [1.54, 1.807) is 45.0 Å². The SMILES string of the molecule is CCOP(=O)(OCC)C(C)NC(CC(C)C)C(=O)NC(Cc1ccc(OC)cc1)C(=O)NC(C)C(=O)O. The summed E-state index contributed by atoms with van der Waals surface area (Å²) in [5.41, 5.74) is 0.739. The highest BCUT2D eigenvalue weighted by atomic mass is 31.2. The molecular weight excluding hydrogens is 501 g/mol. The average Bonchev–Trinajstić information content (AvgIpc) is 2.83. The molecule has 0 aliphatic heterocycles. The second-order valence-electron chi connectivity index (χ2n) is 9.08. The van der Waals surface area contributed by atoms with Crippen molar-refractivity contribution in [2.45, 2.75) is 78.3 Å². The van der Waals surface area contributed by atoms with Crippen LogP contribution in [0.5, 0.6) is 5.75 Å². The van der Waals surface area contributed by atoms with E-state index in [1.165, 1.54) is 14.0 Å². The molecule has 1 rings (SSSR count). The Kier molecular flexibility index (Phi) is 13.8. The summed E-state index contributed by atoms with van der Waals surface area (Å²) < 4.78 is 29.2. The van der Waals surface area contributed by atoms with Crippen molar-refractivity contribution < 1.29 is 37.8 Å². The maximum absolute atomic E-state index is 13.4. The molecule has 0 bridgehead atoms. The lowest BCUT2D eigenvalue weighted by molar-refractivity contribution is -0.141. The highest BCUT2D eigenvalue weighted by molar-refractivity contribution is 7.54. The molecule has 1 aromatic rings. The molecular formula is C25H42N3O8P. The molecule has 0 heterocycles. The van der Waals surface area contributed by atoms with Crippen molar-refractivity contribution in [3.63, 3.8) is 0 Å². The molecule has 37 heavy (non-hydrogen) atoms. The molecule has 11 nitrogen and oxygen atoms in total. The van der Waals surface area contributed by atoms with E-state index in [0.29, 0.717) is 12.2 Å². The minimum Gasteiger partial charge on any atom is -0.497 e. The summed E-state index contributed by atoms with van der Waals surface area (Å²) in [4.78, 5) is 37.7. The Morgan fingerprint density at radius 2 is 1.46 bits per heavy atom. The van der Waals surface area contributed by atoms with Crippen LogP contribution in [0.2, 0.25) is 0 Å². The highest BCUT2D eigenvalue weighted by Crippen LogP contribution is 2.51. The van der Waals surface area contributed by atoms with Gasteiger partial charge >= 0.3 is 13.6 Å². The number of nitrogens with one attached hydrogen (secondary N) is 3. The van der Waals surface area contributed by atoms with Crippen molar-refractivity contribution in [2.75, 3.05) is 20.3 Å². The number of hydrogen-bond donors (Lipinski definition) is 4. The minimum absolute atomic E-state index is 0.0925. The number of rotatable bonds is 17. The molecule has 4 N–H and O–H groups in total. The fourth-order valence-corrected chi connectivity index (χ4v) is 5.18. The van der Waals surface area contributed by atoms with Crippen molar-refractivity contribution in [1.82, 2.24) is 16.0 Å². The molecule has 0 spiro atoms. The first kappa shape index (κ1) is 32.6. The third kappa shape index (κ3) is 10.8. The van der Waals surface area contributed by atoms with Crippen molar-refractivity contribution in [1.29, 1.82) is 0 Å². The van der Waals surface area contributed by atoms with Gasteiger partial charge in [0.05, 0.1) is 26.4 Å². The van der Waals surface area contributed by atoms with Crippen LogP contribution in [0, 0.1) is 5.92 Å². The van der Waals surface area contributed by atoms with Gasteiger partial charge in [0.25, 0.3) is 0 Å². The topological polar surface area (TPSA) is 152 Å². The van der Waals surface area contributed by atoms with Gasteiger partial charge in [-0.25, -0.2) is 0 Å². The third-order valence-electron chi connectivity index (χ3n) is 5.52. The van der Waals surface area contributed by atoms with Crippen LogP contribution in [0.4, 0.5) is 0 Å². The second-order valence-corrected chi connectivity index (χ2v) is 11.5. The lowest BCUT2D eigenvalue weighted by Crippen LogP contribution is -2.56. The summed E-state index contributed by atoms with van der Waals surface area (Å²) in [6, 6.07) is 3.98. The molecule has 0 aliphatic rings. The first-order valence-electron chi connectivity index (χ1n) is 12.5. The van der Waals surface area contributed by atoms with Crippen molar-refractivity contribution in [3.8, 4) is 5.75 Å². The molecule has 4 unspecified atom stereocenters. The number of carbonyl (C=O) groups is 3. The smallest absolute Gasteiger partial charge is 0.347 e. The molecule has 12 heteroatoms. The molecule has 0 aromatic heterocycles. The predicted molar refractivity (Wildman–Crippen MR) is 141 cm³/mol. The number of ether oxygens (including phenoxy) is 1. The van der Waals surface area contributed by atoms with E-state index < -0.39 is 49.3 Å². The van der Waals surface area contributed by atoms with Gasteiger partial charge in [-0.3, -0.25) is 24.3 Å². The van der Waals surface area contributed by atoms with E-state index in [1.807, 2.05) is 13.8 Å². The summed E-state index contributed by atoms with van der Waals surface area (Å²) in [6.45, 7) is 10.6. The zero-order valence-electron chi connectivity index (χ0n) is 22.8. The van der Waals surface area contributed by atoms with Gasteiger partial charge < -0.3 is 29.5 Å². The number of aliphatic carboxylic acids is 1. The van der Waals surface area contributed by atoms with Gasteiger partial charge in [-0.2, -0.15) is 0 Å². The van der Waals surface area contributed by atoms with Gasteiger partial charge in [0.1, 0.15) is 23.6 Å². The van der Waals surface area contributed by atoms with E-state index in [9.17, 15) is 24.1 Å². The van der Waals surface area contributed by atoms with Gasteiger partial charge in [0.15, 0.2) is 0 Å². The Morgan fingerprint density at radius 3 is 1.92 bits per heavy atom. The zero-order chi connectivity index (χ0) is 28.2. The summed E-state index contributed by atoms with van der Waals surface area (Å²) in [6.07, 6.45) is 0.505. The molecule has 0 fully saturated rings. The molecule has 210 valence electrons. The van der Waals surface area contributed by atoms with Crippen molar-refractivity contribution >= 4 is 25.4 Å². The highest BCUT2D eigenvalue weighted by Gasteiger charge is 2.36. The van der Waals surface area contributed by atoms with Crippen molar-refractivity contribution in [3.05, 3.63) is 29.8 Å². The largest absolute Gasteiger partial charge is 0.497 e. The zero-order valence-corrected chi connectivity index (χ0v) is 23.7. The van der Waals surface area contributed by atoms with E-state index in [0.717, 1.165) is 5.56 Å². The van der Waals surface area contributed by atoms with Crippen LogP contribution in [0.3, 0.4) is 0 Å².